The number of carboxylic acid groups (broad SMARTS) is 2. The number of carboxylic acids is 2. The first kappa shape index (κ1) is 29.9. The molecule has 0 radical (unpaired) electrons. The Kier molecular flexibility index (Phi) is 7.60. The Hall–Kier alpha value is -5.11. The number of aromatic carboxylic acids is 2. The molecule has 0 bridgehead atoms. The molecule has 2 aromatic carbocycles. The van der Waals surface area contributed by atoms with Gasteiger partial charge in [0, 0.05) is 51.2 Å². The van der Waals surface area contributed by atoms with Crippen molar-refractivity contribution in [3.05, 3.63) is 68.0 Å². The Labute approximate surface area is 255 Å². The second kappa shape index (κ2) is 11.4. The molecule has 0 spiro atoms. The number of likely N-dealkylation sites (N-methyl/N-ethyl adjacent to an activating group) is 1. The van der Waals surface area contributed by atoms with Crippen molar-refractivity contribution in [2.75, 3.05) is 51.5 Å². The maximum Gasteiger partial charge on any atom is 0.341 e. The molecule has 3 aliphatic heterocycles. The largest absolute Gasteiger partial charge is 0.487 e. The monoisotopic (exact) mass is 622 g/mol. The Balaban J connectivity index is 0.000000167. The SMILES string of the molecule is CC1COc2c(N3CCN(C)CC3)c(F)cc3c(=O)c(C(=O)O)cn1c23.CCn1cc(C(=O)O)c(=O)c2cc3c(cc21)OCO3. The number of carbonyl (C=O) groups is 2. The van der Waals surface area contributed by atoms with Gasteiger partial charge in [-0.3, -0.25) is 9.59 Å². The van der Waals surface area contributed by atoms with E-state index in [9.17, 15) is 28.7 Å². The third kappa shape index (κ3) is 5.10. The number of nitrogens with zero attached hydrogens (tertiary/aromatic N) is 4. The quantitative estimate of drug-likeness (QED) is 0.345. The number of ether oxygens (including phenoxy) is 3. The zero-order valence-electron chi connectivity index (χ0n) is 24.8. The van der Waals surface area contributed by atoms with Gasteiger partial charge in [-0.25, -0.2) is 14.0 Å². The molecule has 5 heterocycles. The summed E-state index contributed by atoms with van der Waals surface area (Å²) in [6, 6.07) is 4.24. The number of piperazine rings is 1. The van der Waals surface area contributed by atoms with Crippen LogP contribution in [0.4, 0.5) is 10.1 Å². The highest BCUT2D eigenvalue weighted by Crippen LogP contribution is 2.42. The summed E-state index contributed by atoms with van der Waals surface area (Å²) in [7, 11) is 2.02. The van der Waals surface area contributed by atoms with E-state index in [2.05, 4.69) is 4.90 Å². The molecule has 2 aromatic heterocycles. The first-order valence-electron chi connectivity index (χ1n) is 14.4. The predicted molar refractivity (Wildman–Crippen MR) is 162 cm³/mol. The van der Waals surface area contributed by atoms with E-state index in [-0.39, 0.29) is 36.0 Å². The average Bonchev–Trinajstić information content (AvgIpc) is 3.47. The van der Waals surface area contributed by atoms with Crippen molar-refractivity contribution in [3.8, 4) is 17.2 Å². The van der Waals surface area contributed by atoms with Crippen molar-refractivity contribution < 1.29 is 38.4 Å². The molecular weight excluding hydrogens is 591 g/mol. The minimum Gasteiger partial charge on any atom is -0.487 e. The van der Waals surface area contributed by atoms with Gasteiger partial charge in [0.1, 0.15) is 23.4 Å². The van der Waals surface area contributed by atoms with Gasteiger partial charge in [0.05, 0.1) is 27.8 Å². The highest BCUT2D eigenvalue weighted by Gasteiger charge is 2.31. The van der Waals surface area contributed by atoms with Gasteiger partial charge in [-0.05, 0) is 33.0 Å². The molecule has 0 aliphatic carbocycles. The summed E-state index contributed by atoms with van der Waals surface area (Å²) >= 11 is 0. The Bertz CT molecular complexity index is 2000. The van der Waals surface area contributed by atoms with Gasteiger partial charge in [0.25, 0.3) is 0 Å². The first-order valence-corrected chi connectivity index (χ1v) is 14.4. The van der Waals surface area contributed by atoms with E-state index in [1.54, 1.807) is 21.3 Å². The van der Waals surface area contributed by atoms with Crippen molar-refractivity contribution in [1.82, 2.24) is 14.0 Å². The molecule has 1 fully saturated rings. The number of hydrogen-bond donors (Lipinski definition) is 2. The molecule has 13 nitrogen and oxygen atoms in total. The van der Waals surface area contributed by atoms with Gasteiger partial charge in [-0.15, -0.1) is 0 Å². The van der Waals surface area contributed by atoms with Crippen LogP contribution in [0.2, 0.25) is 0 Å². The van der Waals surface area contributed by atoms with E-state index in [0.717, 1.165) is 19.2 Å². The number of aryl methyl sites for hydroxylation is 1. The van der Waals surface area contributed by atoms with Crippen molar-refractivity contribution in [2.24, 2.45) is 0 Å². The number of fused-ring (bicyclic) bond motifs is 2. The fourth-order valence-corrected chi connectivity index (χ4v) is 5.88. The fraction of sp³-hybridized carbons (Fsp3) is 0.355. The molecule has 0 saturated carbocycles. The van der Waals surface area contributed by atoms with Crippen LogP contribution in [-0.2, 0) is 6.54 Å². The number of aromatic nitrogens is 2. The Morgan fingerprint density at radius 3 is 2.18 bits per heavy atom. The number of pyridine rings is 2. The molecule has 236 valence electrons. The third-order valence-electron chi connectivity index (χ3n) is 8.34. The summed E-state index contributed by atoms with van der Waals surface area (Å²) in [5, 5.41) is 18.8. The molecule has 1 unspecified atom stereocenters. The van der Waals surface area contributed by atoms with Crippen molar-refractivity contribution >= 4 is 39.4 Å². The van der Waals surface area contributed by atoms with Crippen molar-refractivity contribution in [3.63, 3.8) is 0 Å². The van der Waals surface area contributed by atoms with Gasteiger partial charge in [-0.1, -0.05) is 0 Å². The number of hydrogen-bond acceptors (Lipinski definition) is 9. The maximum atomic E-state index is 15.0. The smallest absolute Gasteiger partial charge is 0.341 e. The van der Waals surface area contributed by atoms with Crippen LogP contribution in [0.5, 0.6) is 17.2 Å². The summed E-state index contributed by atoms with van der Waals surface area (Å²) in [6.45, 7) is 7.61. The lowest BCUT2D eigenvalue weighted by molar-refractivity contribution is 0.0683. The van der Waals surface area contributed by atoms with Crippen LogP contribution in [0.3, 0.4) is 0 Å². The van der Waals surface area contributed by atoms with Crippen LogP contribution in [-0.4, -0.2) is 82.8 Å². The Morgan fingerprint density at radius 2 is 1.53 bits per heavy atom. The minimum absolute atomic E-state index is 0.0434. The number of rotatable bonds is 4. The van der Waals surface area contributed by atoms with Crippen LogP contribution >= 0.6 is 0 Å². The van der Waals surface area contributed by atoms with Gasteiger partial charge < -0.3 is 43.4 Å². The van der Waals surface area contributed by atoms with Crippen LogP contribution in [0.25, 0.3) is 21.8 Å². The molecule has 14 heteroatoms. The first-order chi connectivity index (χ1) is 21.5. The van der Waals surface area contributed by atoms with Crippen LogP contribution in [0.1, 0.15) is 40.6 Å². The molecule has 0 amide bonds. The summed E-state index contributed by atoms with van der Waals surface area (Å²) in [5.74, 6) is -1.74. The number of benzene rings is 2. The summed E-state index contributed by atoms with van der Waals surface area (Å²) in [5.41, 5.74) is -0.334. The Morgan fingerprint density at radius 1 is 0.911 bits per heavy atom. The van der Waals surface area contributed by atoms with E-state index in [1.165, 1.54) is 12.4 Å². The van der Waals surface area contributed by atoms with Crippen LogP contribution in [0.15, 0.2) is 40.2 Å². The summed E-state index contributed by atoms with van der Waals surface area (Å²) in [4.78, 5) is 51.3. The third-order valence-corrected chi connectivity index (χ3v) is 8.34. The minimum atomic E-state index is -1.32. The highest BCUT2D eigenvalue weighted by molar-refractivity contribution is 5.97. The van der Waals surface area contributed by atoms with Gasteiger partial charge in [0.15, 0.2) is 23.1 Å². The van der Waals surface area contributed by atoms with E-state index in [1.807, 2.05) is 25.8 Å². The van der Waals surface area contributed by atoms with E-state index >= 15 is 0 Å². The average molecular weight is 623 g/mol. The molecular formula is C31H31FN4O9. The summed E-state index contributed by atoms with van der Waals surface area (Å²) < 4.78 is 34.8. The molecule has 4 aromatic rings. The lowest BCUT2D eigenvalue weighted by atomic mass is 10.1. The summed E-state index contributed by atoms with van der Waals surface area (Å²) in [6.07, 6.45) is 2.70. The van der Waals surface area contributed by atoms with E-state index in [0.29, 0.717) is 59.0 Å². The second-order valence-corrected chi connectivity index (χ2v) is 11.2. The zero-order valence-corrected chi connectivity index (χ0v) is 24.8. The van der Waals surface area contributed by atoms with E-state index in [4.69, 9.17) is 19.3 Å². The number of halogens is 1. The standard InChI is InChI=1S/C18H20FN3O4.C13H11NO5/c1-10-9-26-17-14-11(16(23)12(18(24)25)8-22(10)14)7-13(19)15(17)21-5-3-20(2)4-6-21;1-2-14-5-8(13(16)17)12(15)7-3-10-11(4-9(7)14)19-6-18-10/h7-8,10H,3-6,9H2,1-2H3,(H,24,25);3-5H,2,6H2,1H3,(H,16,17). The highest BCUT2D eigenvalue weighted by atomic mass is 19.1. The maximum absolute atomic E-state index is 15.0. The van der Waals surface area contributed by atoms with Crippen molar-refractivity contribution in [2.45, 2.75) is 26.4 Å². The molecule has 2 N–H and O–H groups in total. The predicted octanol–water partition coefficient (Wildman–Crippen LogP) is 2.99. The second-order valence-electron chi connectivity index (χ2n) is 11.2. The van der Waals surface area contributed by atoms with Crippen molar-refractivity contribution in [1.29, 1.82) is 0 Å². The number of anilines is 1. The van der Waals surface area contributed by atoms with Gasteiger partial charge in [-0.2, -0.15) is 0 Å². The van der Waals surface area contributed by atoms with Crippen LogP contribution in [0, 0.1) is 5.82 Å². The topological polar surface area (TPSA) is 153 Å². The van der Waals surface area contributed by atoms with Gasteiger partial charge in [0.2, 0.25) is 17.7 Å². The molecule has 1 saturated heterocycles. The normalized spacial score (nSPS) is 17.2. The lowest BCUT2D eigenvalue weighted by Gasteiger charge is -2.37. The molecule has 7 rings (SSSR count). The van der Waals surface area contributed by atoms with Crippen LogP contribution < -0.4 is 30.0 Å². The molecule has 45 heavy (non-hydrogen) atoms. The van der Waals surface area contributed by atoms with Gasteiger partial charge >= 0.3 is 11.9 Å². The molecule has 3 aliphatic rings. The van der Waals surface area contributed by atoms with E-state index < -0.39 is 28.6 Å². The molecule has 1 atom stereocenters. The zero-order chi connectivity index (χ0) is 32.2. The lowest BCUT2D eigenvalue weighted by Crippen LogP contribution is -2.45. The fourth-order valence-electron chi connectivity index (χ4n) is 5.88.